The second-order valence-electron chi connectivity index (χ2n) is 4.95. The number of hydrogen-bond donors (Lipinski definition) is 0. The van der Waals surface area contributed by atoms with E-state index in [4.69, 9.17) is 4.52 Å². The lowest BCUT2D eigenvalue weighted by Crippen LogP contribution is -2.24. The summed E-state index contributed by atoms with van der Waals surface area (Å²) in [6.07, 6.45) is 6.19. The van der Waals surface area contributed by atoms with Crippen molar-refractivity contribution in [3.8, 4) is 0 Å². The van der Waals surface area contributed by atoms with Gasteiger partial charge in [-0.15, -0.1) is 0 Å². The number of nitrogens with zero attached hydrogens (tertiary/aromatic N) is 2. The zero-order valence-electron chi connectivity index (χ0n) is 9.29. The van der Waals surface area contributed by atoms with E-state index >= 15 is 0 Å². The molecular formula is C11H17IN2O. The molecule has 0 spiro atoms. The van der Waals surface area contributed by atoms with E-state index < -0.39 is 0 Å². The highest BCUT2D eigenvalue weighted by Crippen LogP contribution is 2.44. The van der Waals surface area contributed by atoms with Crippen LogP contribution in [0.5, 0.6) is 0 Å². The van der Waals surface area contributed by atoms with Gasteiger partial charge >= 0.3 is 0 Å². The molecule has 1 aliphatic carbocycles. The highest BCUT2D eigenvalue weighted by Gasteiger charge is 2.40. The van der Waals surface area contributed by atoms with Crippen LogP contribution in [0.3, 0.4) is 0 Å². The summed E-state index contributed by atoms with van der Waals surface area (Å²) in [6.45, 7) is 4.53. The monoisotopic (exact) mass is 320 g/mol. The summed E-state index contributed by atoms with van der Waals surface area (Å²) in [5.41, 5.74) is 0.185. The van der Waals surface area contributed by atoms with Crippen LogP contribution in [0.1, 0.15) is 51.8 Å². The summed E-state index contributed by atoms with van der Waals surface area (Å²) in [6, 6.07) is 0. The van der Waals surface area contributed by atoms with E-state index in [9.17, 15) is 0 Å². The van der Waals surface area contributed by atoms with Crippen LogP contribution in [-0.4, -0.2) is 10.1 Å². The Morgan fingerprint density at radius 3 is 2.53 bits per heavy atom. The molecule has 0 bridgehead atoms. The van der Waals surface area contributed by atoms with Gasteiger partial charge in [0.05, 0.1) is 0 Å². The molecule has 0 saturated heterocycles. The first-order chi connectivity index (χ1) is 7.12. The van der Waals surface area contributed by atoms with Crippen LogP contribution in [0.2, 0.25) is 0 Å². The van der Waals surface area contributed by atoms with Crippen molar-refractivity contribution in [3.63, 3.8) is 0 Å². The average Bonchev–Trinajstić information content (AvgIpc) is 2.73. The van der Waals surface area contributed by atoms with Crippen molar-refractivity contribution >= 4 is 22.6 Å². The maximum absolute atomic E-state index is 5.38. The lowest BCUT2D eigenvalue weighted by Gasteiger charge is -2.26. The second kappa shape index (κ2) is 4.39. The quantitative estimate of drug-likeness (QED) is 0.800. The topological polar surface area (TPSA) is 38.9 Å². The Labute approximate surface area is 104 Å². The van der Waals surface area contributed by atoms with E-state index in [2.05, 4.69) is 46.6 Å². The lowest BCUT2D eigenvalue weighted by molar-refractivity contribution is 0.244. The van der Waals surface area contributed by atoms with Crippen LogP contribution >= 0.6 is 22.6 Å². The van der Waals surface area contributed by atoms with E-state index in [1.165, 1.54) is 32.1 Å². The second-order valence-corrected chi connectivity index (χ2v) is 5.92. The zero-order valence-corrected chi connectivity index (χ0v) is 11.5. The molecule has 15 heavy (non-hydrogen) atoms. The van der Waals surface area contributed by atoms with Crippen molar-refractivity contribution in [3.05, 3.63) is 9.72 Å². The third-order valence-electron chi connectivity index (χ3n) is 3.21. The molecule has 0 amide bonds. The first kappa shape index (κ1) is 11.4. The standard InChI is InChI=1S/C11H17IN2O/c1-8(2)7-11(5-3-4-6-11)9-13-10(12)14-15-9/h8H,3-7H2,1-2H3. The van der Waals surface area contributed by atoms with E-state index in [0.29, 0.717) is 5.92 Å². The highest BCUT2D eigenvalue weighted by atomic mass is 127. The molecule has 4 heteroatoms. The summed E-state index contributed by atoms with van der Waals surface area (Å²) in [5, 5.41) is 3.91. The molecule has 84 valence electrons. The summed E-state index contributed by atoms with van der Waals surface area (Å²) < 4.78 is 6.12. The van der Waals surface area contributed by atoms with Gasteiger partial charge in [-0.1, -0.05) is 31.8 Å². The third kappa shape index (κ3) is 2.34. The average molecular weight is 320 g/mol. The van der Waals surface area contributed by atoms with Crippen molar-refractivity contribution in [1.29, 1.82) is 0 Å². The molecule has 1 saturated carbocycles. The van der Waals surface area contributed by atoms with Gasteiger partial charge in [-0.25, -0.2) is 0 Å². The van der Waals surface area contributed by atoms with Gasteiger partial charge in [0, 0.05) is 28.0 Å². The summed E-state index contributed by atoms with van der Waals surface area (Å²) in [4.78, 5) is 4.43. The van der Waals surface area contributed by atoms with Crippen molar-refractivity contribution < 1.29 is 4.52 Å². The van der Waals surface area contributed by atoms with Crippen molar-refractivity contribution in [2.75, 3.05) is 0 Å². The minimum absolute atomic E-state index is 0.185. The van der Waals surface area contributed by atoms with Crippen LogP contribution < -0.4 is 0 Å². The first-order valence-corrected chi connectivity index (χ1v) is 6.70. The van der Waals surface area contributed by atoms with Gasteiger partial charge in [0.15, 0.2) is 0 Å². The van der Waals surface area contributed by atoms with E-state index in [1.54, 1.807) is 0 Å². The predicted molar refractivity (Wildman–Crippen MR) is 66.6 cm³/mol. The smallest absolute Gasteiger partial charge is 0.233 e. The van der Waals surface area contributed by atoms with E-state index in [0.717, 1.165) is 9.72 Å². The minimum Gasteiger partial charge on any atom is -0.338 e. The van der Waals surface area contributed by atoms with Gasteiger partial charge in [0.1, 0.15) is 0 Å². The summed E-state index contributed by atoms with van der Waals surface area (Å²) >= 11 is 2.11. The number of hydrogen-bond acceptors (Lipinski definition) is 3. The van der Waals surface area contributed by atoms with Crippen LogP contribution in [0.25, 0.3) is 0 Å². The first-order valence-electron chi connectivity index (χ1n) is 5.62. The molecule has 0 atom stereocenters. The Hall–Kier alpha value is -0.130. The molecule has 0 unspecified atom stereocenters. The zero-order chi connectivity index (χ0) is 10.9. The lowest BCUT2D eigenvalue weighted by atomic mass is 9.78. The Kier molecular flexibility index (Phi) is 3.33. The Morgan fingerprint density at radius 2 is 2.07 bits per heavy atom. The van der Waals surface area contributed by atoms with Crippen molar-refractivity contribution in [2.24, 2.45) is 5.92 Å². The molecule has 1 aliphatic rings. The van der Waals surface area contributed by atoms with Gasteiger partial charge in [-0.3, -0.25) is 0 Å². The van der Waals surface area contributed by atoms with E-state index in [1.807, 2.05) is 0 Å². The molecule has 1 heterocycles. The molecule has 0 radical (unpaired) electrons. The molecule has 1 aromatic heterocycles. The van der Waals surface area contributed by atoms with Gasteiger partial charge in [-0.05, 0) is 25.2 Å². The predicted octanol–water partition coefficient (Wildman–Crippen LogP) is 3.53. The van der Waals surface area contributed by atoms with Crippen LogP contribution in [0.4, 0.5) is 0 Å². The van der Waals surface area contributed by atoms with Crippen molar-refractivity contribution in [2.45, 2.75) is 51.4 Å². The Balaban J connectivity index is 2.26. The largest absolute Gasteiger partial charge is 0.338 e. The van der Waals surface area contributed by atoms with Gasteiger partial charge in [0.2, 0.25) is 9.72 Å². The van der Waals surface area contributed by atoms with Gasteiger partial charge in [-0.2, -0.15) is 4.98 Å². The maximum atomic E-state index is 5.38. The van der Waals surface area contributed by atoms with Crippen LogP contribution in [-0.2, 0) is 5.41 Å². The third-order valence-corrected chi connectivity index (χ3v) is 3.65. The molecule has 2 rings (SSSR count). The maximum Gasteiger partial charge on any atom is 0.233 e. The van der Waals surface area contributed by atoms with Crippen LogP contribution in [0.15, 0.2) is 4.52 Å². The molecule has 0 N–H and O–H groups in total. The SMILES string of the molecule is CC(C)CC1(c2nc(I)no2)CCCC1. The molecule has 1 aromatic rings. The molecule has 0 aromatic carbocycles. The highest BCUT2D eigenvalue weighted by molar-refractivity contribution is 14.1. The molecule has 1 fully saturated rings. The number of aromatic nitrogens is 2. The number of rotatable bonds is 3. The fourth-order valence-electron chi connectivity index (χ4n) is 2.76. The van der Waals surface area contributed by atoms with Crippen molar-refractivity contribution in [1.82, 2.24) is 10.1 Å². The Bertz CT molecular complexity index is 329. The summed E-state index contributed by atoms with van der Waals surface area (Å²) in [5.74, 6) is 1.56. The van der Waals surface area contributed by atoms with Gasteiger partial charge in [0.25, 0.3) is 0 Å². The fourth-order valence-corrected chi connectivity index (χ4v) is 3.08. The number of halogens is 1. The summed E-state index contributed by atoms with van der Waals surface area (Å²) in [7, 11) is 0. The minimum atomic E-state index is 0.185. The Morgan fingerprint density at radius 1 is 1.40 bits per heavy atom. The molecular weight excluding hydrogens is 303 g/mol. The fraction of sp³-hybridized carbons (Fsp3) is 0.818. The normalized spacial score (nSPS) is 20.0. The molecule has 3 nitrogen and oxygen atoms in total. The molecule has 0 aliphatic heterocycles. The van der Waals surface area contributed by atoms with Crippen LogP contribution in [0, 0.1) is 9.75 Å². The van der Waals surface area contributed by atoms with Gasteiger partial charge < -0.3 is 4.52 Å². The van der Waals surface area contributed by atoms with E-state index in [-0.39, 0.29) is 5.41 Å².